The van der Waals surface area contributed by atoms with E-state index in [4.69, 9.17) is 4.74 Å². The molecule has 0 bridgehead atoms. The molecule has 0 radical (unpaired) electrons. The fourth-order valence-electron chi connectivity index (χ4n) is 2.14. The number of ether oxygens (including phenoxy) is 1. The summed E-state index contributed by atoms with van der Waals surface area (Å²) in [4.78, 5) is 12.4. The minimum atomic E-state index is -0.573. The maximum atomic E-state index is 12.4. The van der Waals surface area contributed by atoms with Crippen LogP contribution >= 0.6 is 11.3 Å². The van der Waals surface area contributed by atoms with Gasteiger partial charge in [-0.1, -0.05) is 66.8 Å². The summed E-state index contributed by atoms with van der Waals surface area (Å²) in [6.07, 6.45) is -0.0121. The fraction of sp³-hybridized carbons (Fsp3) is 0.167. The zero-order valence-electron chi connectivity index (χ0n) is 13.2. The van der Waals surface area contributed by atoms with Gasteiger partial charge in [-0.25, -0.2) is 0 Å². The summed E-state index contributed by atoms with van der Waals surface area (Å²) >= 11 is 1.34. The van der Waals surface area contributed by atoms with Crippen LogP contribution in [0.3, 0.4) is 0 Å². The number of hydrogen-bond acceptors (Lipinski definition) is 5. The van der Waals surface area contributed by atoms with Crippen LogP contribution in [0, 0.1) is 0 Å². The molecule has 1 N–H and O–H groups in total. The van der Waals surface area contributed by atoms with Crippen LogP contribution in [0.2, 0.25) is 0 Å². The summed E-state index contributed by atoms with van der Waals surface area (Å²) in [5, 5.41) is 12.2. The van der Waals surface area contributed by atoms with Crippen molar-refractivity contribution in [1.29, 1.82) is 0 Å². The van der Waals surface area contributed by atoms with Crippen LogP contribution in [0.1, 0.15) is 13.3 Å². The molecule has 1 atom stereocenters. The summed E-state index contributed by atoms with van der Waals surface area (Å²) in [6.45, 7) is 1.91. The zero-order chi connectivity index (χ0) is 16.8. The number of benzene rings is 2. The van der Waals surface area contributed by atoms with E-state index in [2.05, 4.69) is 15.5 Å². The molecule has 0 spiro atoms. The van der Waals surface area contributed by atoms with E-state index in [1.807, 2.05) is 67.6 Å². The number of hydrogen-bond donors (Lipinski definition) is 1. The van der Waals surface area contributed by atoms with Crippen LogP contribution in [-0.4, -0.2) is 22.2 Å². The predicted octanol–water partition coefficient (Wildman–Crippen LogP) is 4.00. The number of carbonyl (C=O) groups is 1. The second kappa shape index (κ2) is 7.70. The molecule has 0 aliphatic rings. The van der Waals surface area contributed by atoms with E-state index in [0.717, 1.165) is 10.6 Å². The smallest absolute Gasteiger partial charge is 0.267 e. The highest BCUT2D eigenvalue weighted by molar-refractivity contribution is 7.18. The molecule has 0 aliphatic heterocycles. The summed E-state index contributed by atoms with van der Waals surface area (Å²) in [5.74, 6) is 0.443. The first-order valence-electron chi connectivity index (χ1n) is 7.67. The van der Waals surface area contributed by atoms with E-state index in [1.165, 1.54) is 11.3 Å². The number of nitrogens with one attached hydrogen (secondary N) is 1. The van der Waals surface area contributed by atoms with Gasteiger partial charge in [-0.2, -0.15) is 0 Å². The second-order valence-corrected chi connectivity index (χ2v) is 6.07. The predicted molar refractivity (Wildman–Crippen MR) is 95.1 cm³/mol. The summed E-state index contributed by atoms with van der Waals surface area (Å²) in [5.41, 5.74) is 0.975. The largest absolute Gasteiger partial charge is 0.481 e. The molecule has 122 valence electrons. The molecule has 3 aromatic rings. The molecule has 1 unspecified atom stereocenters. The zero-order valence-corrected chi connectivity index (χ0v) is 14.0. The number of nitrogens with zero attached hydrogens (tertiary/aromatic N) is 2. The Morgan fingerprint density at radius 3 is 2.42 bits per heavy atom. The lowest BCUT2D eigenvalue weighted by molar-refractivity contribution is -0.122. The Balaban J connectivity index is 1.66. The highest BCUT2D eigenvalue weighted by Gasteiger charge is 2.20. The molecule has 0 saturated heterocycles. The highest BCUT2D eigenvalue weighted by atomic mass is 32.1. The van der Waals surface area contributed by atoms with Crippen LogP contribution in [0.5, 0.6) is 5.75 Å². The first-order valence-corrected chi connectivity index (χ1v) is 8.49. The van der Waals surface area contributed by atoms with Gasteiger partial charge < -0.3 is 4.74 Å². The van der Waals surface area contributed by atoms with Crippen LogP contribution < -0.4 is 10.1 Å². The van der Waals surface area contributed by atoms with Crippen molar-refractivity contribution in [1.82, 2.24) is 10.2 Å². The van der Waals surface area contributed by atoms with Gasteiger partial charge in [0.25, 0.3) is 5.91 Å². The van der Waals surface area contributed by atoms with Crippen molar-refractivity contribution in [2.24, 2.45) is 0 Å². The Morgan fingerprint density at radius 2 is 1.75 bits per heavy atom. The Bertz CT molecular complexity index is 790. The monoisotopic (exact) mass is 339 g/mol. The molecule has 6 heteroatoms. The van der Waals surface area contributed by atoms with Gasteiger partial charge in [-0.15, -0.1) is 10.2 Å². The van der Waals surface area contributed by atoms with Crippen molar-refractivity contribution in [2.45, 2.75) is 19.4 Å². The average Bonchev–Trinajstić information content (AvgIpc) is 3.09. The lowest BCUT2D eigenvalue weighted by Crippen LogP contribution is -2.32. The number of amides is 1. The van der Waals surface area contributed by atoms with Crippen molar-refractivity contribution in [3.63, 3.8) is 0 Å². The molecule has 0 fully saturated rings. The van der Waals surface area contributed by atoms with Crippen LogP contribution in [0.25, 0.3) is 10.6 Å². The van der Waals surface area contributed by atoms with Crippen LogP contribution in [-0.2, 0) is 4.79 Å². The number of anilines is 1. The first kappa shape index (κ1) is 16.1. The highest BCUT2D eigenvalue weighted by Crippen LogP contribution is 2.26. The number of carbonyl (C=O) groups excluding carboxylic acids is 1. The summed E-state index contributed by atoms with van der Waals surface area (Å²) in [6, 6.07) is 19.0. The van der Waals surface area contributed by atoms with Crippen molar-refractivity contribution >= 4 is 22.4 Å². The van der Waals surface area contributed by atoms with Crippen molar-refractivity contribution in [3.8, 4) is 16.3 Å². The first-order chi connectivity index (χ1) is 11.8. The summed E-state index contributed by atoms with van der Waals surface area (Å²) < 4.78 is 5.73. The van der Waals surface area contributed by atoms with Gasteiger partial charge in [0, 0.05) is 5.56 Å². The third-order valence-corrected chi connectivity index (χ3v) is 4.25. The molecule has 0 aliphatic carbocycles. The van der Waals surface area contributed by atoms with Gasteiger partial charge in [-0.05, 0) is 18.6 Å². The molecular weight excluding hydrogens is 322 g/mol. The Labute approximate surface area is 144 Å². The minimum Gasteiger partial charge on any atom is -0.481 e. The van der Waals surface area contributed by atoms with Gasteiger partial charge in [0.15, 0.2) is 6.10 Å². The maximum Gasteiger partial charge on any atom is 0.267 e. The number of rotatable bonds is 6. The maximum absolute atomic E-state index is 12.4. The van der Waals surface area contributed by atoms with E-state index in [0.29, 0.717) is 17.3 Å². The second-order valence-electron chi connectivity index (χ2n) is 5.10. The average molecular weight is 339 g/mol. The van der Waals surface area contributed by atoms with Gasteiger partial charge in [-0.3, -0.25) is 10.1 Å². The Hall–Kier alpha value is -2.73. The van der Waals surface area contributed by atoms with Crippen molar-refractivity contribution in [3.05, 3.63) is 60.7 Å². The minimum absolute atomic E-state index is 0.225. The number of para-hydroxylation sites is 1. The van der Waals surface area contributed by atoms with E-state index in [1.54, 1.807) is 0 Å². The fourth-order valence-corrected chi connectivity index (χ4v) is 2.89. The normalized spacial score (nSPS) is 11.7. The van der Waals surface area contributed by atoms with Crippen LogP contribution in [0.15, 0.2) is 60.7 Å². The van der Waals surface area contributed by atoms with E-state index >= 15 is 0 Å². The van der Waals surface area contributed by atoms with Crippen molar-refractivity contribution < 1.29 is 9.53 Å². The van der Waals surface area contributed by atoms with Gasteiger partial charge in [0.2, 0.25) is 5.13 Å². The molecule has 1 heterocycles. The van der Waals surface area contributed by atoms with Crippen LogP contribution in [0.4, 0.5) is 5.13 Å². The van der Waals surface area contributed by atoms with E-state index in [-0.39, 0.29) is 5.91 Å². The Morgan fingerprint density at radius 1 is 1.08 bits per heavy atom. The molecule has 24 heavy (non-hydrogen) atoms. The van der Waals surface area contributed by atoms with Gasteiger partial charge in [0.1, 0.15) is 10.8 Å². The molecule has 2 aromatic carbocycles. The molecule has 1 amide bonds. The van der Waals surface area contributed by atoms with E-state index < -0.39 is 6.10 Å². The van der Waals surface area contributed by atoms with E-state index in [9.17, 15) is 4.79 Å². The molecule has 0 saturated carbocycles. The molecular formula is C18H17N3O2S. The van der Waals surface area contributed by atoms with Gasteiger partial charge in [0.05, 0.1) is 0 Å². The third-order valence-electron chi connectivity index (χ3n) is 3.36. The molecule has 3 rings (SSSR count). The molecule has 5 nitrogen and oxygen atoms in total. The Kier molecular flexibility index (Phi) is 5.18. The topological polar surface area (TPSA) is 64.1 Å². The lowest BCUT2D eigenvalue weighted by Gasteiger charge is -2.16. The third kappa shape index (κ3) is 3.97. The summed E-state index contributed by atoms with van der Waals surface area (Å²) in [7, 11) is 0. The SMILES string of the molecule is CCC(Oc1ccccc1)C(=O)Nc1nnc(-c2ccccc2)s1. The van der Waals surface area contributed by atoms with Crippen molar-refractivity contribution in [2.75, 3.05) is 5.32 Å². The standard InChI is InChI=1S/C18H17N3O2S/c1-2-15(23-14-11-7-4-8-12-14)16(22)19-18-21-20-17(24-18)13-9-5-3-6-10-13/h3-12,15H,2H2,1H3,(H,19,21,22). The lowest BCUT2D eigenvalue weighted by atomic mass is 10.2. The number of aromatic nitrogens is 2. The molecule has 1 aromatic heterocycles. The quantitative estimate of drug-likeness (QED) is 0.737. The van der Waals surface area contributed by atoms with Gasteiger partial charge >= 0.3 is 0 Å².